The number of hydrogen-bond acceptors (Lipinski definition) is 7. The van der Waals surface area contributed by atoms with Crippen LogP contribution in [0.1, 0.15) is 36.8 Å². The van der Waals surface area contributed by atoms with Gasteiger partial charge in [0.2, 0.25) is 12.2 Å². The van der Waals surface area contributed by atoms with Crippen LogP contribution < -0.4 is 10.1 Å². The number of terminal acetylenes is 1. The highest BCUT2D eigenvalue weighted by atomic mass is 31.2. The second-order valence-electron chi connectivity index (χ2n) is 9.28. The second-order valence-corrected chi connectivity index (χ2v) is 11.1. The van der Waals surface area contributed by atoms with Crippen molar-refractivity contribution in [3.8, 4) is 29.2 Å². The number of aliphatic hydroxyl groups excluding tert-OH is 3. The lowest BCUT2D eigenvalue weighted by atomic mass is 9.97. The Morgan fingerprint density at radius 2 is 1.78 bits per heavy atom. The number of unbranched alkanes of at least 4 members (excludes halogenated alkanes) is 1. The zero-order chi connectivity index (χ0) is 26.7. The summed E-state index contributed by atoms with van der Waals surface area (Å²) in [4.78, 5) is 30.4. The standard InChI is InChI=1S/C26H30NO9P/c1-2-3-4-5-22(28)27-17-6-8-19-15(13-17)12-16-14-18(7-9-20(16)19)35-26-25(31)24(30)23(29)21(36-26)10-11-37(32,33)34/h1,6-9,13-14,21,23-26,29-31H,3-5,10-12H2,(H,27,28)(H2,32,33,34)/t21-,23-,24+,25+,26+/m1/s1. The molecule has 0 saturated carbocycles. The van der Waals surface area contributed by atoms with Gasteiger partial charge in [-0.1, -0.05) is 12.1 Å². The monoisotopic (exact) mass is 531 g/mol. The quantitative estimate of drug-likeness (QED) is 0.137. The molecular weight excluding hydrogens is 501 g/mol. The van der Waals surface area contributed by atoms with Crippen LogP contribution in [0.25, 0.3) is 11.1 Å². The summed E-state index contributed by atoms with van der Waals surface area (Å²) in [6.45, 7) is 0. The molecule has 1 fully saturated rings. The highest BCUT2D eigenvalue weighted by molar-refractivity contribution is 7.51. The Labute approximate surface area is 214 Å². The maximum atomic E-state index is 12.1. The zero-order valence-corrected chi connectivity index (χ0v) is 20.9. The van der Waals surface area contributed by atoms with Gasteiger partial charge < -0.3 is 39.9 Å². The summed E-state index contributed by atoms with van der Waals surface area (Å²) in [6.07, 6.45) is -0.618. The van der Waals surface area contributed by atoms with Gasteiger partial charge in [0, 0.05) is 18.5 Å². The predicted octanol–water partition coefficient (Wildman–Crippen LogP) is 1.75. The van der Waals surface area contributed by atoms with Crippen molar-refractivity contribution in [1.82, 2.24) is 0 Å². The van der Waals surface area contributed by atoms with Gasteiger partial charge in [-0.2, -0.15) is 0 Å². The first kappa shape index (κ1) is 27.3. The lowest BCUT2D eigenvalue weighted by Crippen LogP contribution is -2.59. The molecule has 1 aliphatic heterocycles. The minimum absolute atomic E-state index is 0.0983. The smallest absolute Gasteiger partial charge is 0.325 e. The Morgan fingerprint density at radius 3 is 2.49 bits per heavy atom. The molecule has 198 valence electrons. The van der Waals surface area contributed by atoms with Crippen LogP contribution in [-0.2, 0) is 20.5 Å². The second kappa shape index (κ2) is 11.3. The molecule has 0 unspecified atom stereocenters. The van der Waals surface area contributed by atoms with Crippen LogP contribution in [0.2, 0.25) is 0 Å². The van der Waals surface area contributed by atoms with E-state index in [9.17, 15) is 24.7 Å². The minimum Gasteiger partial charge on any atom is -0.462 e. The van der Waals surface area contributed by atoms with Crippen molar-refractivity contribution in [3.05, 3.63) is 47.5 Å². The first-order chi connectivity index (χ1) is 17.6. The van der Waals surface area contributed by atoms with Crippen molar-refractivity contribution in [2.75, 3.05) is 11.5 Å². The van der Waals surface area contributed by atoms with Crippen LogP contribution in [-0.4, -0.2) is 67.9 Å². The molecule has 1 aliphatic carbocycles. The van der Waals surface area contributed by atoms with Crippen molar-refractivity contribution in [2.45, 2.75) is 62.8 Å². The van der Waals surface area contributed by atoms with E-state index >= 15 is 0 Å². The van der Waals surface area contributed by atoms with Gasteiger partial charge in [0.1, 0.15) is 24.1 Å². The SMILES string of the molecule is C#CCCCC(=O)Nc1ccc2c(c1)Cc1cc(O[C@H]3O[C@H](CCP(=O)(O)O)[C@@H](O)[C@H](O)[C@@H]3O)ccc1-2. The van der Waals surface area contributed by atoms with E-state index in [2.05, 4.69) is 11.2 Å². The van der Waals surface area contributed by atoms with Crippen LogP contribution in [0.4, 0.5) is 5.69 Å². The Kier molecular flexibility index (Phi) is 8.36. The third-order valence-electron chi connectivity index (χ3n) is 6.49. The van der Waals surface area contributed by atoms with Gasteiger partial charge in [-0.3, -0.25) is 9.36 Å². The number of carbonyl (C=O) groups is 1. The van der Waals surface area contributed by atoms with Gasteiger partial charge in [-0.25, -0.2) is 0 Å². The molecule has 2 aromatic rings. The predicted molar refractivity (Wildman–Crippen MR) is 135 cm³/mol. The van der Waals surface area contributed by atoms with E-state index < -0.39 is 44.5 Å². The van der Waals surface area contributed by atoms with Crippen LogP contribution in [0, 0.1) is 12.3 Å². The lowest BCUT2D eigenvalue weighted by molar-refractivity contribution is -0.272. The molecule has 4 rings (SSSR count). The van der Waals surface area contributed by atoms with E-state index in [-0.39, 0.29) is 12.3 Å². The van der Waals surface area contributed by atoms with Crippen LogP contribution in [0.5, 0.6) is 5.75 Å². The number of benzene rings is 2. The number of carbonyl (C=O) groups excluding carboxylic acids is 1. The number of ether oxygens (including phenoxy) is 2. The summed E-state index contributed by atoms with van der Waals surface area (Å²) >= 11 is 0. The molecule has 6 N–H and O–H groups in total. The number of rotatable bonds is 9. The highest BCUT2D eigenvalue weighted by Gasteiger charge is 2.45. The van der Waals surface area contributed by atoms with Gasteiger partial charge in [-0.15, -0.1) is 12.3 Å². The fourth-order valence-electron chi connectivity index (χ4n) is 4.59. The summed E-state index contributed by atoms with van der Waals surface area (Å²) in [5.74, 6) is 2.77. The van der Waals surface area contributed by atoms with E-state index in [1.54, 1.807) is 12.1 Å². The molecule has 0 spiro atoms. The zero-order valence-electron chi connectivity index (χ0n) is 20.0. The Balaban J connectivity index is 1.43. The summed E-state index contributed by atoms with van der Waals surface area (Å²) in [6, 6.07) is 11.0. The average Bonchev–Trinajstić information content (AvgIpc) is 3.20. The number of hydrogen-bond donors (Lipinski definition) is 6. The molecule has 0 bridgehead atoms. The summed E-state index contributed by atoms with van der Waals surface area (Å²) in [5.41, 5.74) is 4.69. The Morgan fingerprint density at radius 1 is 1.08 bits per heavy atom. The van der Waals surface area contributed by atoms with Gasteiger partial charge in [-0.05, 0) is 65.8 Å². The summed E-state index contributed by atoms with van der Waals surface area (Å²) in [7, 11) is -4.34. The third kappa shape index (κ3) is 6.58. The van der Waals surface area contributed by atoms with E-state index in [1.807, 2.05) is 24.3 Å². The normalized spacial score (nSPS) is 24.6. The molecule has 0 aromatic heterocycles. The van der Waals surface area contributed by atoms with Gasteiger partial charge in [0.05, 0.1) is 12.3 Å². The highest BCUT2D eigenvalue weighted by Crippen LogP contribution is 2.40. The average molecular weight is 531 g/mol. The van der Waals surface area contributed by atoms with E-state index in [4.69, 9.17) is 25.7 Å². The molecule has 37 heavy (non-hydrogen) atoms. The molecule has 2 aromatic carbocycles. The Bertz CT molecular complexity index is 1240. The van der Waals surface area contributed by atoms with Crippen LogP contribution >= 0.6 is 7.60 Å². The van der Waals surface area contributed by atoms with Crippen LogP contribution in [0.3, 0.4) is 0 Å². The molecule has 0 radical (unpaired) electrons. The minimum atomic E-state index is -4.34. The number of nitrogens with one attached hydrogen (secondary N) is 1. The molecule has 10 nitrogen and oxygen atoms in total. The molecule has 11 heteroatoms. The fourth-order valence-corrected chi connectivity index (χ4v) is 5.19. The fraction of sp³-hybridized carbons (Fsp3) is 0.423. The largest absolute Gasteiger partial charge is 0.462 e. The lowest BCUT2D eigenvalue weighted by Gasteiger charge is -2.40. The molecule has 1 saturated heterocycles. The van der Waals surface area contributed by atoms with Gasteiger partial charge >= 0.3 is 7.60 Å². The molecular formula is C26H30NO9P. The number of aliphatic hydroxyl groups is 3. The van der Waals surface area contributed by atoms with Crippen molar-refractivity contribution in [2.24, 2.45) is 0 Å². The van der Waals surface area contributed by atoms with Crippen molar-refractivity contribution < 1.29 is 43.9 Å². The molecule has 2 aliphatic rings. The maximum absolute atomic E-state index is 12.1. The third-order valence-corrected chi connectivity index (χ3v) is 7.33. The van der Waals surface area contributed by atoms with E-state index in [1.165, 1.54) is 0 Å². The first-order valence-corrected chi connectivity index (χ1v) is 13.8. The van der Waals surface area contributed by atoms with Crippen molar-refractivity contribution >= 4 is 19.2 Å². The Hall–Kier alpha value is -2.74. The first-order valence-electron chi connectivity index (χ1n) is 12.0. The number of amides is 1. The van der Waals surface area contributed by atoms with E-state index in [0.717, 1.165) is 22.3 Å². The number of fused-ring (bicyclic) bond motifs is 3. The molecule has 5 atom stereocenters. The van der Waals surface area contributed by atoms with Crippen molar-refractivity contribution in [3.63, 3.8) is 0 Å². The van der Waals surface area contributed by atoms with E-state index in [0.29, 0.717) is 37.1 Å². The van der Waals surface area contributed by atoms with Crippen molar-refractivity contribution in [1.29, 1.82) is 0 Å². The molecule has 1 heterocycles. The van der Waals surface area contributed by atoms with Crippen LogP contribution in [0.15, 0.2) is 36.4 Å². The summed E-state index contributed by atoms with van der Waals surface area (Å²) in [5, 5.41) is 33.6. The van der Waals surface area contributed by atoms with Gasteiger partial charge in [0.15, 0.2) is 0 Å². The number of anilines is 1. The molecule has 1 amide bonds. The topological polar surface area (TPSA) is 166 Å². The maximum Gasteiger partial charge on any atom is 0.325 e. The van der Waals surface area contributed by atoms with Gasteiger partial charge in [0.25, 0.3) is 0 Å². The summed E-state index contributed by atoms with van der Waals surface area (Å²) < 4.78 is 22.6.